The third kappa shape index (κ3) is 9.26. The second kappa shape index (κ2) is 11.3. The van der Waals surface area contributed by atoms with E-state index in [2.05, 4.69) is 10.5 Å². The van der Waals surface area contributed by atoms with Crippen LogP contribution < -0.4 is 5.32 Å². The maximum atomic E-state index is 13.5. The number of oxime groups is 1. The molecule has 0 aromatic heterocycles. The van der Waals surface area contributed by atoms with Crippen molar-refractivity contribution >= 4 is 11.7 Å². The first-order chi connectivity index (χ1) is 15.3. The summed E-state index contributed by atoms with van der Waals surface area (Å²) >= 11 is 0. The first-order valence-corrected chi connectivity index (χ1v) is 10.7. The highest BCUT2D eigenvalue weighted by Crippen LogP contribution is 2.35. The van der Waals surface area contributed by atoms with Crippen LogP contribution in [0.15, 0.2) is 47.6 Å². The Morgan fingerprint density at radius 3 is 2.27 bits per heavy atom. The van der Waals surface area contributed by atoms with Crippen molar-refractivity contribution in [3.05, 3.63) is 70.3 Å². The summed E-state index contributed by atoms with van der Waals surface area (Å²) in [5, 5.41) is 15.7. The maximum absolute atomic E-state index is 13.5. The molecular formula is C25H31F3N2O3. The first-order valence-electron chi connectivity index (χ1n) is 10.7. The molecule has 0 aliphatic carbocycles. The average molecular weight is 465 g/mol. The van der Waals surface area contributed by atoms with Crippen LogP contribution in [0.2, 0.25) is 0 Å². The highest BCUT2D eigenvalue weighted by Gasteiger charge is 2.34. The van der Waals surface area contributed by atoms with Gasteiger partial charge in [0.05, 0.1) is 17.7 Å². The third-order valence-electron chi connectivity index (χ3n) is 4.85. The molecule has 0 saturated heterocycles. The summed E-state index contributed by atoms with van der Waals surface area (Å²) in [5.74, 6) is -0.847. The molecule has 5 nitrogen and oxygen atoms in total. The molecule has 0 atom stereocenters. The van der Waals surface area contributed by atoms with E-state index >= 15 is 0 Å². The number of rotatable bonds is 10. The number of halogens is 3. The number of hydrogen-bond donors (Lipinski definition) is 2. The Balaban J connectivity index is 1.99. The van der Waals surface area contributed by atoms with Gasteiger partial charge in [0.25, 0.3) is 0 Å². The highest BCUT2D eigenvalue weighted by atomic mass is 19.4. The number of hydrogen-bond acceptors (Lipinski definition) is 4. The number of benzene rings is 2. The van der Waals surface area contributed by atoms with Crippen LogP contribution in [-0.2, 0) is 35.4 Å². The molecule has 2 aromatic carbocycles. The van der Waals surface area contributed by atoms with Gasteiger partial charge in [-0.2, -0.15) is 13.2 Å². The van der Waals surface area contributed by atoms with Crippen molar-refractivity contribution in [2.45, 2.75) is 59.9 Å². The number of aliphatic carboxylic acids is 1. The minimum Gasteiger partial charge on any atom is -0.481 e. The Hall–Kier alpha value is -2.87. The maximum Gasteiger partial charge on any atom is 0.416 e. The topological polar surface area (TPSA) is 70.9 Å². The Bertz CT molecular complexity index is 962. The van der Waals surface area contributed by atoms with Gasteiger partial charge in [-0.15, -0.1) is 0 Å². The fraction of sp³-hybridized carbons (Fsp3) is 0.440. The number of nitrogens with zero attached hydrogens (tertiary/aromatic N) is 1. The summed E-state index contributed by atoms with van der Waals surface area (Å²) in [6.07, 6.45) is -4.05. The smallest absolute Gasteiger partial charge is 0.416 e. The molecule has 180 valence electrons. The summed E-state index contributed by atoms with van der Waals surface area (Å²) < 4.78 is 40.6. The van der Waals surface area contributed by atoms with Gasteiger partial charge < -0.3 is 15.3 Å². The summed E-state index contributed by atoms with van der Waals surface area (Å²) in [6, 6.07) is 11.8. The van der Waals surface area contributed by atoms with Gasteiger partial charge >= 0.3 is 12.1 Å². The lowest BCUT2D eigenvalue weighted by Crippen LogP contribution is -2.17. The monoisotopic (exact) mass is 464 g/mol. The molecule has 0 bridgehead atoms. The van der Waals surface area contributed by atoms with Crippen LogP contribution in [0.3, 0.4) is 0 Å². The van der Waals surface area contributed by atoms with Crippen molar-refractivity contribution in [2.75, 3.05) is 6.54 Å². The summed E-state index contributed by atoms with van der Waals surface area (Å²) in [6.45, 7) is 8.35. The molecule has 2 N–H and O–H groups in total. The summed E-state index contributed by atoms with van der Waals surface area (Å²) in [7, 11) is 0. The first kappa shape index (κ1) is 26.4. The lowest BCUT2D eigenvalue weighted by atomic mass is 9.85. The quantitative estimate of drug-likeness (QED) is 0.265. The minimum atomic E-state index is -4.43. The molecule has 0 aliphatic heterocycles. The van der Waals surface area contributed by atoms with Crippen LogP contribution in [0.4, 0.5) is 13.2 Å². The fourth-order valence-corrected chi connectivity index (χ4v) is 3.25. The van der Waals surface area contributed by atoms with Gasteiger partial charge in [-0.25, -0.2) is 0 Å². The van der Waals surface area contributed by atoms with E-state index in [0.717, 1.165) is 17.2 Å². The molecule has 0 amide bonds. The zero-order chi connectivity index (χ0) is 24.6. The molecule has 0 unspecified atom stereocenters. The van der Waals surface area contributed by atoms with E-state index in [1.807, 2.05) is 45.0 Å². The van der Waals surface area contributed by atoms with E-state index in [4.69, 9.17) is 9.94 Å². The Kier molecular flexibility index (Phi) is 9.05. The molecule has 33 heavy (non-hydrogen) atoms. The van der Waals surface area contributed by atoms with Crippen LogP contribution in [-0.4, -0.2) is 23.3 Å². The van der Waals surface area contributed by atoms with Crippen molar-refractivity contribution in [1.82, 2.24) is 5.32 Å². The zero-order valence-corrected chi connectivity index (χ0v) is 19.4. The normalized spacial score (nSPS) is 12.6. The van der Waals surface area contributed by atoms with Gasteiger partial charge in [0.15, 0.2) is 0 Å². The van der Waals surface area contributed by atoms with E-state index < -0.39 is 17.7 Å². The highest BCUT2D eigenvalue weighted by molar-refractivity contribution is 5.98. The van der Waals surface area contributed by atoms with Crippen molar-refractivity contribution < 1.29 is 27.9 Å². The molecule has 0 fully saturated rings. The second-order valence-electron chi connectivity index (χ2n) is 9.19. The van der Waals surface area contributed by atoms with E-state index in [1.54, 1.807) is 13.0 Å². The standard InChI is InChI=1S/C25H31F3N2O3/c1-17(20-8-5-18(6-9-20)15-29-12-11-23(31)32)30-33-16-19-7-10-21(14-24(2,3)4)22(13-19)25(26,27)28/h5-10,13,29H,11-12,14-16H2,1-4H3,(H,31,32)/b30-17-. The number of carboxylic acids is 1. The third-order valence-corrected chi connectivity index (χ3v) is 4.85. The largest absolute Gasteiger partial charge is 0.481 e. The lowest BCUT2D eigenvalue weighted by molar-refractivity contribution is -0.138. The van der Waals surface area contributed by atoms with Gasteiger partial charge in [0.1, 0.15) is 6.61 Å². The Labute approximate surface area is 192 Å². The van der Waals surface area contributed by atoms with Crippen molar-refractivity contribution in [2.24, 2.45) is 10.6 Å². The van der Waals surface area contributed by atoms with Gasteiger partial charge in [-0.3, -0.25) is 4.79 Å². The number of nitrogens with one attached hydrogen (secondary N) is 1. The number of carbonyl (C=O) groups is 1. The van der Waals surface area contributed by atoms with Gasteiger partial charge in [0, 0.05) is 13.1 Å². The molecule has 2 rings (SSSR count). The Morgan fingerprint density at radius 1 is 1.06 bits per heavy atom. The Morgan fingerprint density at radius 2 is 1.70 bits per heavy atom. The minimum absolute atomic E-state index is 0.0605. The molecule has 2 aromatic rings. The van der Waals surface area contributed by atoms with Crippen LogP contribution >= 0.6 is 0 Å². The molecule has 0 spiro atoms. The van der Waals surface area contributed by atoms with E-state index in [-0.39, 0.29) is 24.0 Å². The van der Waals surface area contributed by atoms with Crippen LogP contribution in [0.1, 0.15) is 61.9 Å². The molecule has 0 heterocycles. The molecule has 0 aliphatic rings. The second-order valence-corrected chi connectivity index (χ2v) is 9.19. The summed E-state index contributed by atoms with van der Waals surface area (Å²) in [4.78, 5) is 15.8. The van der Waals surface area contributed by atoms with Gasteiger partial charge in [-0.05, 0) is 47.1 Å². The van der Waals surface area contributed by atoms with Gasteiger partial charge in [-0.1, -0.05) is 62.3 Å². The molecule has 0 radical (unpaired) electrons. The average Bonchev–Trinajstić information content (AvgIpc) is 2.70. The van der Waals surface area contributed by atoms with Crippen molar-refractivity contribution in [3.63, 3.8) is 0 Å². The van der Waals surface area contributed by atoms with E-state index in [1.165, 1.54) is 6.07 Å². The van der Waals surface area contributed by atoms with Crippen molar-refractivity contribution in [1.29, 1.82) is 0 Å². The van der Waals surface area contributed by atoms with E-state index in [9.17, 15) is 18.0 Å². The molecule has 8 heteroatoms. The molecule has 0 saturated carbocycles. The fourth-order valence-electron chi connectivity index (χ4n) is 3.25. The summed E-state index contributed by atoms with van der Waals surface area (Å²) in [5.41, 5.74) is 2.19. The molecular weight excluding hydrogens is 433 g/mol. The number of carboxylic acid groups (broad SMARTS) is 1. The number of alkyl halides is 3. The van der Waals surface area contributed by atoms with Crippen molar-refractivity contribution in [3.8, 4) is 0 Å². The van der Waals surface area contributed by atoms with Gasteiger partial charge in [0.2, 0.25) is 0 Å². The van der Waals surface area contributed by atoms with Crippen LogP contribution in [0.5, 0.6) is 0 Å². The van der Waals surface area contributed by atoms with Crippen LogP contribution in [0.25, 0.3) is 0 Å². The SMILES string of the molecule is C/C(=N/OCc1ccc(CC(C)(C)C)c(C(F)(F)F)c1)c1ccc(CNCCC(=O)O)cc1. The predicted octanol–water partition coefficient (Wildman–Crippen LogP) is 5.80. The zero-order valence-electron chi connectivity index (χ0n) is 19.4. The lowest BCUT2D eigenvalue weighted by Gasteiger charge is -2.22. The van der Waals surface area contributed by atoms with E-state index in [0.29, 0.717) is 30.8 Å². The van der Waals surface area contributed by atoms with Crippen LogP contribution in [0, 0.1) is 5.41 Å². The predicted molar refractivity (Wildman–Crippen MR) is 122 cm³/mol.